The molecule has 0 radical (unpaired) electrons. The first-order chi connectivity index (χ1) is 8.16. The Labute approximate surface area is 106 Å². The van der Waals surface area contributed by atoms with Crippen LogP contribution in [0.2, 0.25) is 0 Å². The molecule has 0 amide bonds. The van der Waals surface area contributed by atoms with Gasteiger partial charge < -0.3 is 10.4 Å². The fourth-order valence-electron chi connectivity index (χ4n) is 1.25. The van der Waals surface area contributed by atoms with E-state index < -0.39 is 5.97 Å². The number of aromatic carboxylic acids is 1. The third kappa shape index (κ3) is 2.79. The zero-order chi connectivity index (χ0) is 12.3. The molecule has 2 rings (SSSR count). The highest BCUT2D eigenvalue weighted by atomic mass is 79.9. The first-order valence-corrected chi connectivity index (χ1v) is 5.53. The van der Waals surface area contributed by atoms with Gasteiger partial charge in [-0.05, 0) is 34.1 Å². The quantitative estimate of drug-likeness (QED) is 0.910. The number of para-hydroxylation sites is 1. The van der Waals surface area contributed by atoms with Crippen LogP contribution in [0, 0.1) is 0 Å². The molecule has 0 aliphatic heterocycles. The molecule has 6 heteroatoms. The van der Waals surface area contributed by atoms with E-state index in [1.807, 2.05) is 24.3 Å². The van der Waals surface area contributed by atoms with E-state index in [1.54, 1.807) is 0 Å². The molecule has 1 aromatic heterocycles. The van der Waals surface area contributed by atoms with Gasteiger partial charge in [-0.25, -0.2) is 4.79 Å². The smallest absolute Gasteiger partial charge is 0.337 e. The van der Waals surface area contributed by atoms with E-state index in [0.29, 0.717) is 5.82 Å². The Kier molecular flexibility index (Phi) is 3.34. The van der Waals surface area contributed by atoms with E-state index in [9.17, 15) is 4.79 Å². The lowest BCUT2D eigenvalue weighted by molar-refractivity contribution is 0.0696. The summed E-state index contributed by atoms with van der Waals surface area (Å²) in [6.45, 7) is 0. The predicted octanol–water partition coefficient (Wildman–Crippen LogP) is 2.68. The SMILES string of the molecule is O=C(O)c1cnnc(Nc2ccccc2Br)c1. The summed E-state index contributed by atoms with van der Waals surface area (Å²) in [5.74, 6) is -0.646. The second-order valence-electron chi connectivity index (χ2n) is 3.24. The number of hydrogen-bond acceptors (Lipinski definition) is 4. The predicted molar refractivity (Wildman–Crippen MR) is 66.4 cm³/mol. The molecule has 0 bridgehead atoms. The van der Waals surface area contributed by atoms with E-state index in [2.05, 4.69) is 31.4 Å². The molecule has 17 heavy (non-hydrogen) atoms. The molecule has 2 N–H and O–H groups in total. The number of aromatic nitrogens is 2. The lowest BCUT2D eigenvalue weighted by Gasteiger charge is -2.06. The minimum atomic E-state index is -1.03. The van der Waals surface area contributed by atoms with Crippen molar-refractivity contribution in [2.75, 3.05) is 5.32 Å². The summed E-state index contributed by atoms with van der Waals surface area (Å²) < 4.78 is 0.863. The Balaban J connectivity index is 2.28. The summed E-state index contributed by atoms with van der Waals surface area (Å²) in [5.41, 5.74) is 0.888. The van der Waals surface area contributed by atoms with Crippen LogP contribution in [0.5, 0.6) is 0 Å². The van der Waals surface area contributed by atoms with E-state index in [4.69, 9.17) is 5.11 Å². The number of nitrogens with one attached hydrogen (secondary N) is 1. The van der Waals surface area contributed by atoms with Crippen LogP contribution in [-0.2, 0) is 0 Å². The Morgan fingerprint density at radius 3 is 2.82 bits per heavy atom. The van der Waals surface area contributed by atoms with Crippen molar-refractivity contribution in [3.8, 4) is 0 Å². The molecule has 0 unspecified atom stereocenters. The van der Waals surface area contributed by atoms with Crippen LogP contribution in [-0.4, -0.2) is 21.3 Å². The number of carbonyl (C=O) groups is 1. The topological polar surface area (TPSA) is 75.1 Å². The highest BCUT2D eigenvalue weighted by Gasteiger charge is 2.06. The monoisotopic (exact) mass is 293 g/mol. The molecular formula is C11H8BrN3O2. The number of nitrogens with zero attached hydrogens (tertiary/aromatic N) is 2. The third-order valence-electron chi connectivity index (χ3n) is 2.04. The second-order valence-corrected chi connectivity index (χ2v) is 4.09. The van der Waals surface area contributed by atoms with E-state index >= 15 is 0 Å². The number of anilines is 2. The second kappa shape index (κ2) is 4.92. The third-order valence-corrected chi connectivity index (χ3v) is 2.73. The van der Waals surface area contributed by atoms with Gasteiger partial charge in [0.1, 0.15) is 0 Å². The van der Waals surface area contributed by atoms with E-state index in [0.717, 1.165) is 10.2 Å². The van der Waals surface area contributed by atoms with Crippen LogP contribution in [0.15, 0.2) is 41.0 Å². The normalized spacial score (nSPS) is 9.94. The van der Waals surface area contributed by atoms with Gasteiger partial charge in [-0.15, -0.1) is 5.10 Å². The summed E-state index contributed by atoms with van der Waals surface area (Å²) in [6, 6.07) is 8.89. The molecule has 0 spiro atoms. The molecule has 86 valence electrons. The Morgan fingerprint density at radius 1 is 1.35 bits per heavy atom. The van der Waals surface area contributed by atoms with Crippen molar-refractivity contribution in [2.24, 2.45) is 0 Å². The van der Waals surface area contributed by atoms with E-state index in [-0.39, 0.29) is 5.56 Å². The number of carboxylic acid groups (broad SMARTS) is 1. The molecule has 1 heterocycles. The summed E-state index contributed by atoms with van der Waals surface area (Å²) in [5, 5.41) is 19.2. The van der Waals surface area contributed by atoms with Gasteiger partial charge in [-0.2, -0.15) is 5.10 Å². The fourth-order valence-corrected chi connectivity index (χ4v) is 1.63. The van der Waals surface area contributed by atoms with Crippen LogP contribution in [0.3, 0.4) is 0 Å². The molecule has 0 saturated heterocycles. The number of hydrogen-bond donors (Lipinski definition) is 2. The largest absolute Gasteiger partial charge is 0.478 e. The summed E-state index contributed by atoms with van der Waals surface area (Å²) in [6.07, 6.45) is 1.20. The van der Waals surface area contributed by atoms with Crippen LogP contribution in [0.4, 0.5) is 11.5 Å². The first-order valence-electron chi connectivity index (χ1n) is 4.74. The van der Waals surface area contributed by atoms with Gasteiger partial charge in [0.2, 0.25) is 0 Å². The minimum Gasteiger partial charge on any atom is -0.478 e. The van der Waals surface area contributed by atoms with Crippen LogP contribution < -0.4 is 5.32 Å². The van der Waals surface area contributed by atoms with Crippen molar-refractivity contribution in [1.82, 2.24) is 10.2 Å². The van der Waals surface area contributed by atoms with Crippen molar-refractivity contribution in [3.63, 3.8) is 0 Å². The molecule has 0 aliphatic rings. The number of benzene rings is 1. The van der Waals surface area contributed by atoms with Gasteiger partial charge >= 0.3 is 5.97 Å². The molecule has 5 nitrogen and oxygen atoms in total. The van der Waals surface area contributed by atoms with Crippen molar-refractivity contribution < 1.29 is 9.90 Å². The fraction of sp³-hybridized carbons (Fsp3) is 0. The Hall–Kier alpha value is -1.95. The maximum absolute atomic E-state index is 10.8. The molecule has 0 saturated carbocycles. The standard InChI is InChI=1S/C11H8BrN3O2/c12-8-3-1-2-4-9(8)14-10-5-7(11(16)17)6-13-15-10/h1-6H,(H,14,15)(H,16,17). The van der Waals surface area contributed by atoms with Crippen LogP contribution in [0.25, 0.3) is 0 Å². The average molecular weight is 294 g/mol. The number of rotatable bonds is 3. The lowest BCUT2D eigenvalue weighted by Crippen LogP contribution is -2.02. The molecule has 0 fully saturated rings. The van der Waals surface area contributed by atoms with Gasteiger partial charge in [0.05, 0.1) is 17.4 Å². The highest BCUT2D eigenvalue weighted by molar-refractivity contribution is 9.10. The zero-order valence-electron chi connectivity index (χ0n) is 8.59. The van der Waals surface area contributed by atoms with Gasteiger partial charge in [0.25, 0.3) is 0 Å². The zero-order valence-corrected chi connectivity index (χ0v) is 10.2. The Bertz CT molecular complexity index is 560. The summed E-state index contributed by atoms with van der Waals surface area (Å²) in [4.78, 5) is 10.8. The first kappa shape index (κ1) is 11.5. The molecular weight excluding hydrogens is 286 g/mol. The molecule has 0 atom stereocenters. The summed E-state index contributed by atoms with van der Waals surface area (Å²) >= 11 is 3.37. The minimum absolute atomic E-state index is 0.0922. The van der Waals surface area contributed by atoms with Gasteiger partial charge in [-0.1, -0.05) is 12.1 Å². The maximum atomic E-state index is 10.8. The molecule has 0 aliphatic carbocycles. The maximum Gasteiger partial charge on any atom is 0.337 e. The van der Waals surface area contributed by atoms with Crippen LogP contribution in [0.1, 0.15) is 10.4 Å². The Morgan fingerprint density at radius 2 is 2.12 bits per heavy atom. The van der Waals surface area contributed by atoms with Crippen molar-refractivity contribution in [3.05, 3.63) is 46.6 Å². The lowest BCUT2D eigenvalue weighted by atomic mass is 10.3. The van der Waals surface area contributed by atoms with Crippen LogP contribution >= 0.6 is 15.9 Å². The summed E-state index contributed by atoms with van der Waals surface area (Å²) in [7, 11) is 0. The van der Waals surface area contributed by atoms with Gasteiger partial charge in [0.15, 0.2) is 5.82 Å². The van der Waals surface area contributed by atoms with Crippen molar-refractivity contribution in [1.29, 1.82) is 0 Å². The van der Waals surface area contributed by atoms with Gasteiger partial charge in [-0.3, -0.25) is 0 Å². The average Bonchev–Trinajstić information content (AvgIpc) is 2.32. The van der Waals surface area contributed by atoms with Gasteiger partial charge in [0, 0.05) is 4.47 Å². The molecule has 2 aromatic rings. The highest BCUT2D eigenvalue weighted by Crippen LogP contribution is 2.24. The van der Waals surface area contributed by atoms with Crippen molar-refractivity contribution >= 4 is 33.4 Å². The van der Waals surface area contributed by atoms with E-state index in [1.165, 1.54) is 12.3 Å². The molecule has 1 aromatic carbocycles. The number of halogens is 1. The van der Waals surface area contributed by atoms with Crippen molar-refractivity contribution in [2.45, 2.75) is 0 Å². The number of carboxylic acids is 1.